The van der Waals surface area contributed by atoms with Gasteiger partial charge in [0.1, 0.15) is 0 Å². The number of piperazine rings is 1. The smallest absolute Gasteiger partial charge is 0.411 e. The fourth-order valence-electron chi connectivity index (χ4n) is 5.29. The van der Waals surface area contributed by atoms with Crippen LogP contribution in [0.1, 0.15) is 12.8 Å². The Morgan fingerprint density at radius 1 is 0.903 bits per heavy atom. The zero-order valence-corrected chi connectivity index (χ0v) is 18.2. The third kappa shape index (κ3) is 3.51. The van der Waals surface area contributed by atoms with E-state index in [1.165, 1.54) is 11.2 Å². The summed E-state index contributed by atoms with van der Waals surface area (Å²) in [4.78, 5) is 17.4. The monoisotopic (exact) mass is 442 g/mol. The van der Waals surface area contributed by atoms with Crippen molar-refractivity contribution in [2.75, 3.05) is 47.1 Å². The molecule has 2 fully saturated rings. The van der Waals surface area contributed by atoms with E-state index in [0.717, 1.165) is 29.9 Å². The summed E-state index contributed by atoms with van der Waals surface area (Å²) in [5.74, 6) is 0. The first-order valence-electron chi connectivity index (χ1n) is 10.5. The van der Waals surface area contributed by atoms with Crippen molar-refractivity contribution in [1.82, 2.24) is 4.31 Å². The van der Waals surface area contributed by atoms with E-state index in [1.807, 2.05) is 24.3 Å². The molecule has 3 heterocycles. The second-order valence-electron chi connectivity index (χ2n) is 8.47. The number of nitrogens with zero attached hydrogens (tertiary/aromatic N) is 4. The molecule has 2 aromatic carbocycles. The third-order valence-corrected chi connectivity index (χ3v) is 7.93. The fourth-order valence-corrected chi connectivity index (χ4v) is 6.72. The molecule has 8 nitrogen and oxygen atoms in total. The van der Waals surface area contributed by atoms with Crippen LogP contribution in [0.3, 0.4) is 0 Å². The van der Waals surface area contributed by atoms with Crippen molar-refractivity contribution in [3.05, 3.63) is 48.5 Å². The van der Waals surface area contributed by atoms with Gasteiger partial charge in [-0.15, -0.1) is 0 Å². The molecule has 1 N–H and O–H groups in total. The summed E-state index contributed by atoms with van der Waals surface area (Å²) in [5.41, 5.74) is 3.67. The highest BCUT2D eigenvalue weighted by Gasteiger charge is 2.44. The molecular weight excluding hydrogens is 416 g/mol. The summed E-state index contributed by atoms with van der Waals surface area (Å²) in [5, 5.41) is 9.50. The van der Waals surface area contributed by atoms with Gasteiger partial charge < -0.3 is 14.9 Å². The van der Waals surface area contributed by atoms with Gasteiger partial charge in [0.2, 0.25) is 10.0 Å². The largest absolute Gasteiger partial charge is 0.465 e. The first kappa shape index (κ1) is 20.1. The molecule has 1 amide bonds. The molecule has 2 bridgehead atoms. The van der Waals surface area contributed by atoms with E-state index in [4.69, 9.17) is 0 Å². The van der Waals surface area contributed by atoms with Crippen molar-refractivity contribution in [3.63, 3.8) is 0 Å². The summed E-state index contributed by atoms with van der Waals surface area (Å²) in [6.45, 7) is 2.41. The minimum Gasteiger partial charge on any atom is -0.465 e. The van der Waals surface area contributed by atoms with Crippen LogP contribution in [-0.4, -0.2) is 68.4 Å². The lowest BCUT2D eigenvalue weighted by molar-refractivity contribution is 0.201. The number of anilines is 4. The highest BCUT2D eigenvalue weighted by Crippen LogP contribution is 2.39. The van der Waals surface area contributed by atoms with Gasteiger partial charge in [-0.1, -0.05) is 12.1 Å². The Hall–Kier alpha value is -2.78. The van der Waals surface area contributed by atoms with Crippen LogP contribution in [0.4, 0.5) is 27.5 Å². The molecule has 0 unspecified atom stereocenters. The molecule has 0 aromatic heterocycles. The van der Waals surface area contributed by atoms with Gasteiger partial charge in [0.05, 0.1) is 17.6 Å². The van der Waals surface area contributed by atoms with Gasteiger partial charge in [-0.3, -0.25) is 4.90 Å². The number of hydrogen-bond donors (Lipinski definition) is 1. The summed E-state index contributed by atoms with van der Waals surface area (Å²) < 4.78 is 26.0. The fraction of sp³-hybridized carbons (Fsp3) is 0.409. The average molecular weight is 443 g/mol. The molecule has 164 valence electrons. The molecule has 3 aliphatic heterocycles. The summed E-state index contributed by atoms with van der Waals surface area (Å²) in [6.07, 6.45) is 2.20. The van der Waals surface area contributed by atoms with E-state index in [2.05, 4.69) is 34.1 Å². The highest BCUT2D eigenvalue weighted by molar-refractivity contribution is 7.88. The highest BCUT2D eigenvalue weighted by atomic mass is 32.2. The van der Waals surface area contributed by atoms with Gasteiger partial charge >= 0.3 is 6.09 Å². The maximum absolute atomic E-state index is 12.1. The number of fused-ring (bicyclic) bond motifs is 3. The molecule has 2 atom stereocenters. The topological polar surface area (TPSA) is 84.4 Å². The van der Waals surface area contributed by atoms with Crippen LogP contribution in [0, 0.1) is 0 Å². The molecule has 0 saturated carbocycles. The predicted molar refractivity (Wildman–Crippen MR) is 121 cm³/mol. The van der Waals surface area contributed by atoms with Crippen molar-refractivity contribution in [2.45, 2.75) is 24.9 Å². The van der Waals surface area contributed by atoms with E-state index in [1.54, 1.807) is 4.31 Å². The number of sulfonamides is 1. The minimum absolute atomic E-state index is 0.0457. The van der Waals surface area contributed by atoms with Crippen LogP contribution in [0.5, 0.6) is 0 Å². The molecule has 0 aliphatic carbocycles. The number of carbonyl (C=O) groups is 1. The van der Waals surface area contributed by atoms with E-state index in [9.17, 15) is 18.3 Å². The molecular formula is C22H26N4O4S. The van der Waals surface area contributed by atoms with Crippen molar-refractivity contribution in [1.29, 1.82) is 0 Å². The van der Waals surface area contributed by atoms with Crippen molar-refractivity contribution >= 4 is 38.9 Å². The number of benzene rings is 2. The molecule has 5 rings (SSSR count). The maximum atomic E-state index is 12.1. The molecule has 9 heteroatoms. The molecule has 0 radical (unpaired) electrons. The van der Waals surface area contributed by atoms with Crippen LogP contribution < -0.4 is 14.7 Å². The quantitative estimate of drug-likeness (QED) is 0.787. The molecule has 0 spiro atoms. The second kappa shape index (κ2) is 7.42. The maximum Gasteiger partial charge on any atom is 0.411 e. The van der Waals surface area contributed by atoms with Crippen molar-refractivity contribution in [3.8, 4) is 0 Å². The lowest BCUT2D eigenvalue weighted by Crippen LogP contribution is -2.55. The van der Waals surface area contributed by atoms with Crippen LogP contribution in [0.25, 0.3) is 0 Å². The summed E-state index contributed by atoms with van der Waals surface area (Å²) >= 11 is 0. The number of carboxylic acid groups (broad SMARTS) is 1. The Morgan fingerprint density at radius 2 is 1.48 bits per heavy atom. The van der Waals surface area contributed by atoms with Crippen LogP contribution >= 0.6 is 0 Å². The van der Waals surface area contributed by atoms with Crippen molar-refractivity contribution < 1.29 is 18.3 Å². The predicted octanol–water partition coefficient (Wildman–Crippen LogP) is 2.94. The molecule has 31 heavy (non-hydrogen) atoms. The van der Waals surface area contributed by atoms with Crippen molar-refractivity contribution in [2.24, 2.45) is 0 Å². The van der Waals surface area contributed by atoms with Gasteiger partial charge in [-0.2, -0.15) is 4.31 Å². The normalized spacial score (nSPS) is 23.7. The number of amides is 1. The number of hydrogen-bond acceptors (Lipinski definition) is 5. The first-order chi connectivity index (χ1) is 14.8. The van der Waals surface area contributed by atoms with Gasteiger partial charge in [-0.05, 0) is 49.2 Å². The Balaban J connectivity index is 1.37. The van der Waals surface area contributed by atoms with E-state index >= 15 is 0 Å². The Morgan fingerprint density at radius 3 is 2.06 bits per heavy atom. The lowest BCUT2D eigenvalue weighted by atomic mass is 10.1. The molecule has 3 aliphatic rings. The summed E-state index contributed by atoms with van der Waals surface area (Å²) in [6, 6.07) is 15.9. The third-order valence-electron chi connectivity index (χ3n) is 6.57. The molecule has 2 saturated heterocycles. The number of para-hydroxylation sites is 2. The van der Waals surface area contributed by atoms with E-state index < -0.39 is 16.1 Å². The zero-order valence-electron chi connectivity index (χ0n) is 17.4. The standard InChI is InChI=1S/C22H26N4O4S/c1-31(29,30)26-18-10-11-19(26)15-23(14-18)16-6-8-17(9-7-16)24-12-13-25(22(27)28)21-5-3-2-4-20(21)24/h2-9,18-19H,10-15H2,1H3,(H,27,28)/t18-,19-/m1/s1. The zero-order chi connectivity index (χ0) is 21.8. The SMILES string of the molecule is CS(=O)(=O)N1[C@@H]2CC[C@@H]1CN(c1ccc(N3CCN(C(=O)O)c4ccccc43)cc1)C2. The Kier molecular flexibility index (Phi) is 4.82. The first-order valence-corrected chi connectivity index (χ1v) is 12.4. The van der Waals surface area contributed by atoms with Gasteiger partial charge in [0, 0.05) is 49.6 Å². The van der Waals surface area contributed by atoms with Crippen LogP contribution in [-0.2, 0) is 10.0 Å². The Labute approximate surface area is 182 Å². The minimum atomic E-state index is -3.17. The summed E-state index contributed by atoms with van der Waals surface area (Å²) in [7, 11) is -3.17. The second-order valence-corrected chi connectivity index (χ2v) is 10.4. The average Bonchev–Trinajstić information content (AvgIpc) is 3.04. The lowest BCUT2D eigenvalue weighted by Gasteiger charge is -2.41. The van der Waals surface area contributed by atoms with Gasteiger partial charge in [0.25, 0.3) is 0 Å². The van der Waals surface area contributed by atoms with E-state index in [-0.39, 0.29) is 12.1 Å². The van der Waals surface area contributed by atoms with Crippen LogP contribution in [0.15, 0.2) is 48.5 Å². The number of rotatable bonds is 3. The Bertz CT molecular complexity index is 1090. The van der Waals surface area contributed by atoms with Gasteiger partial charge in [0.15, 0.2) is 0 Å². The van der Waals surface area contributed by atoms with Gasteiger partial charge in [-0.25, -0.2) is 13.2 Å². The van der Waals surface area contributed by atoms with E-state index in [0.29, 0.717) is 31.9 Å². The van der Waals surface area contributed by atoms with Crippen LogP contribution in [0.2, 0.25) is 0 Å². The molecule has 2 aromatic rings.